The maximum atomic E-state index is 10.0. The van der Waals surface area contributed by atoms with E-state index in [1.807, 2.05) is 73.0 Å². The fraction of sp³-hybridized carbons (Fsp3) is 0.0588. The molecule has 3 N–H and O–H groups in total. The Hall–Kier alpha value is -2.30. The lowest BCUT2D eigenvalue weighted by molar-refractivity contribution is 0.643. The molecular weight excluding hydrogens is 280 g/mol. The number of rotatable bonds is 3. The first kappa shape index (κ1) is 13.7. The van der Waals surface area contributed by atoms with E-state index in [9.17, 15) is 4.55 Å². The number of nitrogens with zero attached hydrogens (tertiary/aromatic N) is 1. The van der Waals surface area contributed by atoms with Gasteiger partial charge in [0.05, 0.1) is 5.56 Å². The molecule has 3 nitrogen and oxygen atoms in total. The van der Waals surface area contributed by atoms with Gasteiger partial charge < -0.3 is 10.6 Å². The molecular formula is C17H17N2OS+. The van der Waals surface area contributed by atoms with Crippen LogP contribution in [0.5, 0.6) is 0 Å². The smallest absolute Gasteiger partial charge is 0.279 e. The van der Waals surface area contributed by atoms with E-state index in [2.05, 4.69) is 4.90 Å². The molecule has 0 fully saturated rings. The first-order valence-electron chi connectivity index (χ1n) is 6.69. The molecule has 0 saturated heterocycles. The van der Waals surface area contributed by atoms with E-state index in [1.54, 1.807) is 0 Å². The van der Waals surface area contributed by atoms with Gasteiger partial charge in [-0.15, -0.1) is 0 Å². The van der Waals surface area contributed by atoms with Gasteiger partial charge in [-0.2, -0.15) is 4.55 Å². The third-order valence-corrected chi connectivity index (χ3v) is 4.68. The summed E-state index contributed by atoms with van der Waals surface area (Å²) in [7, 11) is -0.992. The molecule has 0 saturated carbocycles. The highest BCUT2D eigenvalue weighted by atomic mass is 32.2. The predicted molar refractivity (Wildman–Crippen MR) is 90.1 cm³/mol. The summed E-state index contributed by atoms with van der Waals surface area (Å²) in [5, 5.41) is 2.37. The minimum absolute atomic E-state index is 0.543. The lowest BCUT2D eigenvalue weighted by Crippen LogP contribution is -2.10. The average molecular weight is 297 g/mol. The molecule has 3 aromatic rings. The molecule has 1 unspecified atom stereocenters. The van der Waals surface area contributed by atoms with E-state index in [0.717, 1.165) is 22.6 Å². The van der Waals surface area contributed by atoms with Gasteiger partial charge in [0.1, 0.15) is 5.69 Å². The number of nitrogen functional groups attached to an aromatic ring is 1. The van der Waals surface area contributed by atoms with Crippen molar-refractivity contribution in [2.45, 2.75) is 6.92 Å². The summed E-state index contributed by atoms with van der Waals surface area (Å²) in [6.45, 7) is 1.95. The van der Waals surface area contributed by atoms with Crippen LogP contribution in [0.2, 0.25) is 0 Å². The molecule has 0 amide bonds. The number of hydrogen-bond donors (Lipinski definition) is 2. The molecule has 1 aromatic heterocycles. The fourth-order valence-corrected chi connectivity index (χ4v) is 3.38. The van der Waals surface area contributed by atoms with Crippen LogP contribution in [0.15, 0.2) is 66.0 Å². The number of benzene rings is 2. The Morgan fingerprint density at radius 2 is 1.38 bits per heavy atom. The number of para-hydroxylation sites is 2. The molecule has 0 aliphatic carbocycles. The maximum absolute atomic E-state index is 10.0. The van der Waals surface area contributed by atoms with E-state index < -0.39 is 10.8 Å². The summed E-state index contributed by atoms with van der Waals surface area (Å²) in [5.74, 6) is 0. The van der Waals surface area contributed by atoms with Gasteiger partial charge in [-0.05, 0) is 31.2 Å². The first-order chi connectivity index (χ1) is 10.2. The molecule has 0 spiro atoms. The summed E-state index contributed by atoms with van der Waals surface area (Å²) >= 11 is 0. The lowest BCUT2D eigenvalue weighted by atomic mass is 10.2. The normalized spacial score (nSPS) is 11.4. The summed E-state index contributed by atoms with van der Waals surface area (Å²) in [6.07, 6.45) is 0. The van der Waals surface area contributed by atoms with Crippen molar-refractivity contribution in [2.75, 3.05) is 10.6 Å². The van der Waals surface area contributed by atoms with Gasteiger partial charge in [0.2, 0.25) is 5.38 Å². The van der Waals surface area contributed by atoms with Crippen LogP contribution in [0.1, 0.15) is 5.56 Å². The largest absolute Gasteiger partial charge is 0.353 e. The molecule has 0 radical (unpaired) electrons. The van der Waals surface area contributed by atoms with Crippen molar-refractivity contribution in [1.29, 1.82) is 0 Å². The zero-order chi connectivity index (χ0) is 14.8. The highest BCUT2D eigenvalue weighted by Gasteiger charge is 2.25. The number of anilines is 4. The third-order valence-electron chi connectivity index (χ3n) is 3.47. The second-order valence-electron chi connectivity index (χ2n) is 4.81. The summed E-state index contributed by atoms with van der Waals surface area (Å²) in [5.41, 5.74) is 9.92. The Morgan fingerprint density at radius 1 is 0.905 bits per heavy atom. The van der Waals surface area contributed by atoms with Crippen LogP contribution in [0.4, 0.5) is 22.1 Å². The molecule has 21 heavy (non-hydrogen) atoms. The van der Waals surface area contributed by atoms with Crippen molar-refractivity contribution >= 4 is 32.8 Å². The quantitative estimate of drug-likeness (QED) is 0.674. The van der Waals surface area contributed by atoms with Gasteiger partial charge >= 0.3 is 0 Å². The molecule has 4 heteroatoms. The van der Waals surface area contributed by atoms with Gasteiger partial charge in [0.15, 0.2) is 10.8 Å². The Labute approximate surface area is 127 Å². The lowest BCUT2D eigenvalue weighted by Gasteiger charge is -2.23. The first-order valence-corrected chi connectivity index (χ1v) is 7.94. The molecule has 0 aliphatic heterocycles. The second-order valence-corrected chi connectivity index (χ2v) is 6.12. The number of nitrogens with two attached hydrogens (primary N) is 1. The van der Waals surface area contributed by atoms with Crippen LogP contribution in [-0.2, 0) is 0 Å². The average Bonchev–Trinajstić information content (AvgIpc) is 2.78. The molecule has 106 valence electrons. The fourth-order valence-electron chi connectivity index (χ4n) is 2.34. The molecule has 0 aliphatic rings. The van der Waals surface area contributed by atoms with Crippen LogP contribution in [0.25, 0.3) is 0 Å². The molecule has 3 rings (SSSR count). The summed E-state index contributed by atoms with van der Waals surface area (Å²) < 4.78 is 10.0. The zero-order valence-corrected chi connectivity index (χ0v) is 12.5. The van der Waals surface area contributed by atoms with Crippen LogP contribution < -0.4 is 10.6 Å². The third kappa shape index (κ3) is 2.51. The van der Waals surface area contributed by atoms with E-state index in [4.69, 9.17) is 5.73 Å². The highest BCUT2D eigenvalue weighted by Crippen LogP contribution is 2.44. The van der Waals surface area contributed by atoms with Crippen molar-refractivity contribution in [3.05, 3.63) is 71.6 Å². The van der Waals surface area contributed by atoms with Crippen LogP contribution >= 0.6 is 10.8 Å². The summed E-state index contributed by atoms with van der Waals surface area (Å²) in [6, 6.07) is 20.2. The molecule has 1 heterocycles. The van der Waals surface area contributed by atoms with E-state index in [1.165, 1.54) is 0 Å². The van der Waals surface area contributed by atoms with Gasteiger partial charge in [-0.3, -0.25) is 0 Å². The van der Waals surface area contributed by atoms with Crippen molar-refractivity contribution in [1.82, 2.24) is 0 Å². The van der Waals surface area contributed by atoms with Crippen LogP contribution in [0, 0.1) is 6.92 Å². The Morgan fingerprint density at radius 3 is 1.76 bits per heavy atom. The monoisotopic (exact) mass is 297 g/mol. The van der Waals surface area contributed by atoms with Gasteiger partial charge in [-0.25, -0.2) is 0 Å². The van der Waals surface area contributed by atoms with E-state index in [0.29, 0.717) is 5.00 Å². The minimum Gasteiger partial charge on any atom is -0.353 e. The molecule has 2 aromatic carbocycles. The maximum Gasteiger partial charge on any atom is 0.279 e. The van der Waals surface area contributed by atoms with Gasteiger partial charge in [-0.1, -0.05) is 36.4 Å². The van der Waals surface area contributed by atoms with Crippen molar-refractivity contribution < 1.29 is 4.55 Å². The van der Waals surface area contributed by atoms with Gasteiger partial charge in [0.25, 0.3) is 5.00 Å². The highest BCUT2D eigenvalue weighted by molar-refractivity contribution is 7.28. The van der Waals surface area contributed by atoms with E-state index in [-0.39, 0.29) is 0 Å². The van der Waals surface area contributed by atoms with E-state index >= 15 is 0 Å². The number of hydrogen-bond acceptors (Lipinski definition) is 3. The van der Waals surface area contributed by atoms with Crippen LogP contribution in [-0.4, -0.2) is 4.55 Å². The predicted octanol–water partition coefficient (Wildman–Crippen LogP) is 4.93. The van der Waals surface area contributed by atoms with Crippen molar-refractivity contribution in [2.24, 2.45) is 0 Å². The Bertz CT molecular complexity index is 699. The molecule has 1 atom stereocenters. The van der Waals surface area contributed by atoms with Crippen molar-refractivity contribution in [3.8, 4) is 0 Å². The summed E-state index contributed by atoms with van der Waals surface area (Å²) in [4.78, 5) is 2.12. The van der Waals surface area contributed by atoms with Gasteiger partial charge in [0, 0.05) is 11.4 Å². The Balaban J connectivity index is 2.20. The standard InChI is InChI=1S/C17H17N2OS/c1-13-16(12-21(20)17(13)18)19(14-8-4-2-5-9-14)15-10-6-3-7-11-15/h2-12,20H,18H2,1H3/q+1. The minimum atomic E-state index is -0.992. The molecule has 0 bridgehead atoms. The SMILES string of the molecule is Cc1c(N(c2ccccc2)c2ccccc2)c[s+](O)c1N. The zero-order valence-electron chi connectivity index (χ0n) is 11.7. The Kier molecular flexibility index (Phi) is 3.64. The number of thiophene rings is 1. The second kappa shape index (κ2) is 5.60. The topological polar surface area (TPSA) is 49.5 Å². The van der Waals surface area contributed by atoms with Crippen molar-refractivity contribution in [3.63, 3.8) is 0 Å². The van der Waals surface area contributed by atoms with Crippen LogP contribution in [0.3, 0.4) is 0 Å².